The van der Waals surface area contributed by atoms with Crippen LogP contribution in [0.25, 0.3) is 0 Å². The quantitative estimate of drug-likeness (QED) is 0.690. The molecule has 0 spiro atoms. The highest BCUT2D eigenvalue weighted by Crippen LogP contribution is 2.37. The normalized spacial score (nSPS) is 17.3. The van der Waals surface area contributed by atoms with Gasteiger partial charge in [0.1, 0.15) is 11.9 Å². The van der Waals surface area contributed by atoms with E-state index in [0.29, 0.717) is 43.4 Å². The molecule has 0 amide bonds. The Hall–Kier alpha value is -0.860. The van der Waals surface area contributed by atoms with Gasteiger partial charge in [0.2, 0.25) is 10.0 Å². The molecule has 8 heteroatoms. The third-order valence-electron chi connectivity index (χ3n) is 3.31. The van der Waals surface area contributed by atoms with E-state index in [9.17, 15) is 8.42 Å². The van der Waals surface area contributed by atoms with E-state index in [2.05, 4.69) is 10.0 Å². The third-order valence-corrected chi connectivity index (χ3v) is 5.03. The first-order valence-electron chi connectivity index (χ1n) is 7.12. The van der Waals surface area contributed by atoms with E-state index in [-0.39, 0.29) is 11.0 Å². The van der Waals surface area contributed by atoms with Gasteiger partial charge in [0.05, 0.1) is 16.5 Å². The number of benzene rings is 1. The van der Waals surface area contributed by atoms with Crippen molar-refractivity contribution in [3.63, 3.8) is 0 Å². The minimum Gasteiger partial charge on any atom is -0.489 e. The summed E-state index contributed by atoms with van der Waals surface area (Å²) in [7, 11) is -1.96. The summed E-state index contributed by atoms with van der Waals surface area (Å²) >= 11 is 6.12. The second-order valence-electron chi connectivity index (χ2n) is 5.17. The van der Waals surface area contributed by atoms with Gasteiger partial charge in [-0.1, -0.05) is 11.6 Å². The first kappa shape index (κ1) is 17.5. The lowest BCUT2D eigenvalue weighted by atomic mass is 10.1. The van der Waals surface area contributed by atoms with Gasteiger partial charge in [0, 0.05) is 38.7 Å². The summed E-state index contributed by atoms with van der Waals surface area (Å²) < 4.78 is 37.6. The van der Waals surface area contributed by atoms with Gasteiger partial charge in [-0.15, -0.1) is 0 Å². The van der Waals surface area contributed by atoms with Crippen LogP contribution in [0.3, 0.4) is 0 Å². The SMILES string of the molecule is COCCNCCNS(=O)(=O)c1cc(Cl)c2c(c1)CC(C)O2. The second kappa shape index (κ2) is 7.61. The van der Waals surface area contributed by atoms with Gasteiger partial charge in [0.25, 0.3) is 0 Å². The molecule has 1 aliphatic rings. The van der Waals surface area contributed by atoms with Crippen LogP contribution in [-0.4, -0.2) is 47.9 Å². The highest BCUT2D eigenvalue weighted by molar-refractivity contribution is 7.89. The summed E-state index contributed by atoms with van der Waals surface area (Å²) in [5, 5.41) is 3.40. The molecule has 22 heavy (non-hydrogen) atoms. The van der Waals surface area contributed by atoms with Crippen LogP contribution in [0, 0.1) is 0 Å². The van der Waals surface area contributed by atoms with E-state index in [1.54, 1.807) is 13.2 Å². The number of halogens is 1. The maximum absolute atomic E-state index is 12.3. The number of nitrogens with one attached hydrogen (secondary N) is 2. The molecule has 0 radical (unpaired) electrons. The van der Waals surface area contributed by atoms with Crippen LogP contribution in [0.5, 0.6) is 5.75 Å². The largest absolute Gasteiger partial charge is 0.489 e. The maximum Gasteiger partial charge on any atom is 0.240 e. The van der Waals surface area contributed by atoms with E-state index in [1.807, 2.05) is 6.92 Å². The van der Waals surface area contributed by atoms with Gasteiger partial charge in [-0.2, -0.15) is 0 Å². The summed E-state index contributed by atoms with van der Waals surface area (Å²) in [6.07, 6.45) is 0.681. The zero-order valence-corrected chi connectivity index (χ0v) is 14.3. The monoisotopic (exact) mass is 348 g/mol. The highest BCUT2D eigenvalue weighted by atomic mass is 35.5. The number of sulfonamides is 1. The minimum atomic E-state index is -3.58. The topological polar surface area (TPSA) is 76.7 Å². The molecule has 1 aromatic carbocycles. The molecular weight excluding hydrogens is 328 g/mol. The molecule has 0 saturated carbocycles. The molecule has 2 rings (SSSR count). The molecule has 1 aromatic rings. The van der Waals surface area contributed by atoms with Crippen LogP contribution >= 0.6 is 11.6 Å². The van der Waals surface area contributed by atoms with Crippen molar-refractivity contribution in [2.75, 3.05) is 33.4 Å². The number of rotatable bonds is 8. The average molecular weight is 349 g/mol. The third kappa shape index (κ3) is 4.33. The van der Waals surface area contributed by atoms with E-state index in [0.717, 1.165) is 5.56 Å². The van der Waals surface area contributed by atoms with Crippen molar-refractivity contribution in [1.29, 1.82) is 0 Å². The fourth-order valence-corrected chi connectivity index (χ4v) is 3.73. The van der Waals surface area contributed by atoms with Gasteiger partial charge in [-0.25, -0.2) is 13.1 Å². The fourth-order valence-electron chi connectivity index (χ4n) is 2.27. The van der Waals surface area contributed by atoms with Crippen LogP contribution in [-0.2, 0) is 21.2 Å². The molecule has 0 fully saturated rings. The predicted molar refractivity (Wildman–Crippen MR) is 85.2 cm³/mol. The number of ether oxygens (including phenoxy) is 2. The Kier molecular flexibility index (Phi) is 6.05. The smallest absolute Gasteiger partial charge is 0.240 e. The Balaban J connectivity index is 1.98. The predicted octanol–water partition coefficient (Wildman–Crippen LogP) is 1.18. The van der Waals surface area contributed by atoms with Crippen LogP contribution in [0.4, 0.5) is 0 Å². The van der Waals surface area contributed by atoms with Gasteiger partial charge in [-0.05, 0) is 19.1 Å². The van der Waals surface area contributed by atoms with Crippen molar-refractivity contribution >= 4 is 21.6 Å². The van der Waals surface area contributed by atoms with Crippen LogP contribution in [0.15, 0.2) is 17.0 Å². The van der Waals surface area contributed by atoms with Gasteiger partial charge >= 0.3 is 0 Å². The Morgan fingerprint density at radius 3 is 2.86 bits per heavy atom. The Labute approximate surface area is 136 Å². The molecule has 1 aliphatic heterocycles. The molecule has 6 nitrogen and oxygen atoms in total. The van der Waals surface area contributed by atoms with Crippen molar-refractivity contribution in [2.45, 2.75) is 24.3 Å². The lowest BCUT2D eigenvalue weighted by Crippen LogP contribution is -2.33. The summed E-state index contributed by atoms with van der Waals surface area (Å²) in [6, 6.07) is 3.06. The average Bonchev–Trinajstić information content (AvgIpc) is 2.84. The van der Waals surface area contributed by atoms with E-state index in [4.69, 9.17) is 21.1 Å². The number of hydrogen-bond acceptors (Lipinski definition) is 5. The minimum absolute atomic E-state index is 0.0170. The molecule has 1 heterocycles. The summed E-state index contributed by atoms with van der Waals surface area (Å²) in [5.41, 5.74) is 0.832. The summed E-state index contributed by atoms with van der Waals surface area (Å²) in [5.74, 6) is 0.592. The first-order valence-corrected chi connectivity index (χ1v) is 8.98. The lowest BCUT2D eigenvalue weighted by Gasteiger charge is -2.10. The van der Waals surface area contributed by atoms with Crippen LogP contribution < -0.4 is 14.8 Å². The van der Waals surface area contributed by atoms with Gasteiger partial charge < -0.3 is 14.8 Å². The second-order valence-corrected chi connectivity index (χ2v) is 7.34. The molecule has 0 bridgehead atoms. The van der Waals surface area contributed by atoms with Crippen molar-refractivity contribution in [1.82, 2.24) is 10.0 Å². The molecule has 0 aliphatic carbocycles. The molecule has 124 valence electrons. The molecule has 2 N–H and O–H groups in total. The summed E-state index contributed by atoms with van der Waals surface area (Å²) in [4.78, 5) is 0.172. The van der Waals surface area contributed by atoms with Crippen molar-refractivity contribution in [3.8, 4) is 5.75 Å². The standard InChI is InChI=1S/C14H21ClN2O4S/c1-10-7-11-8-12(9-13(15)14(11)21-10)22(18,19)17-4-3-16-5-6-20-2/h8-10,16-17H,3-7H2,1-2H3. The molecule has 1 unspecified atom stereocenters. The zero-order chi connectivity index (χ0) is 16.2. The first-order chi connectivity index (χ1) is 10.4. The van der Waals surface area contributed by atoms with E-state index < -0.39 is 10.0 Å². The van der Waals surface area contributed by atoms with Crippen molar-refractivity contribution in [2.24, 2.45) is 0 Å². The summed E-state index contributed by atoms with van der Waals surface area (Å²) in [6.45, 7) is 4.02. The highest BCUT2D eigenvalue weighted by Gasteiger charge is 2.25. The lowest BCUT2D eigenvalue weighted by molar-refractivity contribution is 0.199. The number of methoxy groups -OCH3 is 1. The zero-order valence-electron chi connectivity index (χ0n) is 12.7. The Morgan fingerprint density at radius 1 is 1.36 bits per heavy atom. The maximum atomic E-state index is 12.3. The Bertz CT molecular complexity index is 622. The number of fused-ring (bicyclic) bond motifs is 1. The molecule has 0 saturated heterocycles. The molecule has 0 aromatic heterocycles. The fraction of sp³-hybridized carbons (Fsp3) is 0.571. The van der Waals surface area contributed by atoms with Crippen LogP contribution in [0.1, 0.15) is 12.5 Å². The molecular formula is C14H21ClN2O4S. The van der Waals surface area contributed by atoms with Crippen LogP contribution in [0.2, 0.25) is 5.02 Å². The molecule has 1 atom stereocenters. The van der Waals surface area contributed by atoms with E-state index in [1.165, 1.54) is 6.07 Å². The van der Waals surface area contributed by atoms with Crippen molar-refractivity contribution in [3.05, 3.63) is 22.7 Å². The van der Waals surface area contributed by atoms with Gasteiger partial charge in [0.15, 0.2) is 0 Å². The van der Waals surface area contributed by atoms with E-state index >= 15 is 0 Å². The Morgan fingerprint density at radius 2 is 2.14 bits per heavy atom. The van der Waals surface area contributed by atoms with Crippen molar-refractivity contribution < 1.29 is 17.9 Å². The van der Waals surface area contributed by atoms with Gasteiger partial charge in [-0.3, -0.25) is 0 Å². The number of hydrogen-bond donors (Lipinski definition) is 2.